The molecule has 0 saturated heterocycles. The van der Waals surface area contributed by atoms with Crippen LogP contribution in [-0.4, -0.2) is 10.8 Å². The van der Waals surface area contributed by atoms with Crippen molar-refractivity contribution in [1.29, 1.82) is 0 Å². The summed E-state index contributed by atoms with van der Waals surface area (Å²) >= 11 is 5.19. The summed E-state index contributed by atoms with van der Waals surface area (Å²) in [7, 11) is 0. The van der Waals surface area contributed by atoms with Gasteiger partial charge in [0.2, 0.25) is 0 Å². The van der Waals surface area contributed by atoms with E-state index in [0.717, 1.165) is 19.4 Å². The zero-order valence-corrected chi connectivity index (χ0v) is 11.3. The van der Waals surface area contributed by atoms with Gasteiger partial charge in [-0.1, -0.05) is 36.8 Å². The standard InChI is InChI=1S/C14H19N3S/c18-14(15-11-12-7-3-1-4-8-12)17-16-13-9-5-2-6-10-13/h1,3-4,7-8H,2,5-6,9-11H2,(H2,15,17,18). The topological polar surface area (TPSA) is 36.4 Å². The summed E-state index contributed by atoms with van der Waals surface area (Å²) in [5.41, 5.74) is 5.39. The quantitative estimate of drug-likeness (QED) is 0.649. The van der Waals surface area contributed by atoms with Gasteiger partial charge in [0.15, 0.2) is 5.11 Å². The van der Waals surface area contributed by atoms with Gasteiger partial charge in [-0.15, -0.1) is 0 Å². The fourth-order valence-corrected chi connectivity index (χ4v) is 2.14. The first-order valence-electron chi connectivity index (χ1n) is 6.48. The Bertz CT molecular complexity index is 406. The predicted molar refractivity (Wildman–Crippen MR) is 79.5 cm³/mol. The van der Waals surface area contributed by atoms with Gasteiger partial charge in [-0.25, -0.2) is 0 Å². The van der Waals surface area contributed by atoms with Crippen LogP contribution in [0, 0.1) is 0 Å². The number of thiocarbonyl (C=S) groups is 1. The van der Waals surface area contributed by atoms with Crippen LogP contribution < -0.4 is 10.7 Å². The zero-order chi connectivity index (χ0) is 12.6. The zero-order valence-electron chi connectivity index (χ0n) is 10.5. The fraction of sp³-hybridized carbons (Fsp3) is 0.429. The molecule has 1 aliphatic rings. The lowest BCUT2D eigenvalue weighted by Crippen LogP contribution is -2.32. The van der Waals surface area contributed by atoms with Crippen molar-refractivity contribution in [1.82, 2.24) is 10.7 Å². The second kappa shape index (κ2) is 7.11. The lowest BCUT2D eigenvalue weighted by molar-refractivity contribution is 0.660. The molecule has 0 heterocycles. The van der Waals surface area contributed by atoms with Crippen LogP contribution in [0.3, 0.4) is 0 Å². The minimum Gasteiger partial charge on any atom is -0.357 e. The van der Waals surface area contributed by atoms with Crippen molar-refractivity contribution >= 4 is 23.0 Å². The Balaban J connectivity index is 1.72. The Morgan fingerprint density at radius 3 is 2.56 bits per heavy atom. The summed E-state index contributed by atoms with van der Waals surface area (Å²) in [5.74, 6) is 0. The van der Waals surface area contributed by atoms with E-state index in [9.17, 15) is 0 Å². The Hall–Kier alpha value is -1.42. The summed E-state index contributed by atoms with van der Waals surface area (Å²) < 4.78 is 0. The lowest BCUT2D eigenvalue weighted by Gasteiger charge is -2.13. The molecule has 1 fully saturated rings. The van der Waals surface area contributed by atoms with Gasteiger partial charge in [-0.2, -0.15) is 5.10 Å². The highest BCUT2D eigenvalue weighted by Crippen LogP contribution is 2.14. The number of hydrogen-bond donors (Lipinski definition) is 2. The van der Waals surface area contributed by atoms with Crippen molar-refractivity contribution in [2.24, 2.45) is 5.10 Å². The normalized spacial score (nSPS) is 15.0. The number of hydrazone groups is 1. The average Bonchev–Trinajstić information content (AvgIpc) is 2.45. The molecule has 0 atom stereocenters. The molecule has 0 unspecified atom stereocenters. The van der Waals surface area contributed by atoms with Gasteiger partial charge >= 0.3 is 0 Å². The van der Waals surface area contributed by atoms with E-state index >= 15 is 0 Å². The maximum Gasteiger partial charge on any atom is 0.187 e. The maximum atomic E-state index is 5.19. The van der Waals surface area contributed by atoms with Crippen molar-refractivity contribution < 1.29 is 0 Å². The second-order valence-corrected chi connectivity index (χ2v) is 4.93. The van der Waals surface area contributed by atoms with Gasteiger partial charge in [-0.05, 0) is 43.5 Å². The molecule has 2 rings (SSSR count). The van der Waals surface area contributed by atoms with Crippen LogP contribution in [-0.2, 0) is 6.54 Å². The third-order valence-corrected chi connectivity index (χ3v) is 3.28. The van der Waals surface area contributed by atoms with E-state index in [2.05, 4.69) is 28.0 Å². The van der Waals surface area contributed by atoms with Gasteiger partial charge in [0.05, 0.1) is 0 Å². The molecule has 4 heteroatoms. The Kier molecular flexibility index (Phi) is 5.15. The van der Waals surface area contributed by atoms with Crippen LogP contribution in [0.2, 0.25) is 0 Å². The van der Waals surface area contributed by atoms with Crippen LogP contribution in [0.5, 0.6) is 0 Å². The first kappa shape index (κ1) is 13.0. The highest BCUT2D eigenvalue weighted by Gasteiger charge is 2.06. The molecule has 96 valence electrons. The molecule has 0 amide bonds. The number of rotatable bonds is 3. The molecule has 0 bridgehead atoms. The van der Waals surface area contributed by atoms with Gasteiger partial charge in [0.25, 0.3) is 0 Å². The average molecular weight is 261 g/mol. The molecule has 0 radical (unpaired) electrons. The number of nitrogens with zero attached hydrogens (tertiary/aromatic N) is 1. The Morgan fingerprint density at radius 1 is 1.11 bits per heavy atom. The lowest BCUT2D eigenvalue weighted by atomic mass is 9.99. The second-order valence-electron chi connectivity index (χ2n) is 4.52. The first-order chi connectivity index (χ1) is 8.84. The van der Waals surface area contributed by atoms with E-state index in [1.54, 1.807) is 0 Å². The minimum atomic E-state index is 0.594. The van der Waals surface area contributed by atoms with Crippen molar-refractivity contribution in [3.63, 3.8) is 0 Å². The smallest absolute Gasteiger partial charge is 0.187 e. The predicted octanol–water partition coefficient (Wildman–Crippen LogP) is 2.97. The van der Waals surface area contributed by atoms with Crippen molar-refractivity contribution in [2.45, 2.75) is 38.6 Å². The molecule has 1 aromatic rings. The van der Waals surface area contributed by atoms with Crippen molar-refractivity contribution in [2.75, 3.05) is 0 Å². The third kappa shape index (κ3) is 4.45. The van der Waals surface area contributed by atoms with Crippen LogP contribution in [0.25, 0.3) is 0 Å². The van der Waals surface area contributed by atoms with Crippen molar-refractivity contribution in [3.8, 4) is 0 Å². The molecule has 3 nitrogen and oxygen atoms in total. The van der Waals surface area contributed by atoms with Crippen molar-refractivity contribution in [3.05, 3.63) is 35.9 Å². The summed E-state index contributed by atoms with van der Waals surface area (Å²) in [4.78, 5) is 0. The molecular formula is C14H19N3S. The molecule has 18 heavy (non-hydrogen) atoms. The SMILES string of the molecule is S=C(NCc1ccccc1)NN=C1CCCCC1. The molecular weight excluding hydrogens is 242 g/mol. The van der Waals surface area contributed by atoms with Crippen LogP contribution in [0.4, 0.5) is 0 Å². The monoisotopic (exact) mass is 261 g/mol. The van der Waals surface area contributed by atoms with Crippen LogP contribution >= 0.6 is 12.2 Å². The Morgan fingerprint density at radius 2 is 1.83 bits per heavy atom. The van der Waals surface area contributed by atoms with Crippen LogP contribution in [0.1, 0.15) is 37.7 Å². The molecule has 0 aliphatic heterocycles. The van der Waals surface area contributed by atoms with E-state index in [4.69, 9.17) is 12.2 Å². The number of hydrogen-bond acceptors (Lipinski definition) is 2. The molecule has 1 saturated carbocycles. The molecule has 1 aliphatic carbocycles. The molecule has 2 N–H and O–H groups in total. The van der Waals surface area contributed by atoms with Gasteiger partial charge < -0.3 is 5.32 Å². The number of nitrogens with one attached hydrogen (secondary N) is 2. The van der Waals surface area contributed by atoms with E-state index in [1.165, 1.54) is 30.5 Å². The maximum absolute atomic E-state index is 5.19. The van der Waals surface area contributed by atoms with Gasteiger partial charge in [0, 0.05) is 12.3 Å². The molecule has 0 aromatic heterocycles. The van der Waals surface area contributed by atoms with Crippen LogP contribution in [0.15, 0.2) is 35.4 Å². The molecule has 1 aromatic carbocycles. The molecule has 0 spiro atoms. The Labute approximate surface area is 114 Å². The minimum absolute atomic E-state index is 0.594. The largest absolute Gasteiger partial charge is 0.357 e. The van der Waals surface area contributed by atoms with Gasteiger partial charge in [0.1, 0.15) is 0 Å². The highest BCUT2D eigenvalue weighted by molar-refractivity contribution is 7.80. The summed E-state index contributed by atoms with van der Waals surface area (Å²) in [6.45, 7) is 0.734. The first-order valence-corrected chi connectivity index (χ1v) is 6.88. The van der Waals surface area contributed by atoms with E-state index in [-0.39, 0.29) is 0 Å². The third-order valence-electron chi connectivity index (χ3n) is 3.04. The highest BCUT2D eigenvalue weighted by atomic mass is 32.1. The van der Waals surface area contributed by atoms with E-state index in [1.807, 2.05) is 18.2 Å². The summed E-state index contributed by atoms with van der Waals surface area (Å²) in [6.07, 6.45) is 6.05. The fourth-order valence-electron chi connectivity index (χ4n) is 2.02. The summed E-state index contributed by atoms with van der Waals surface area (Å²) in [5, 5.41) is 8.10. The van der Waals surface area contributed by atoms with Gasteiger partial charge in [-0.3, -0.25) is 5.43 Å². The number of benzene rings is 1. The summed E-state index contributed by atoms with van der Waals surface area (Å²) in [6, 6.07) is 10.2. The van der Waals surface area contributed by atoms with E-state index < -0.39 is 0 Å². The van der Waals surface area contributed by atoms with E-state index in [0.29, 0.717) is 5.11 Å².